The zero-order valence-corrected chi connectivity index (χ0v) is 20.8. The van der Waals surface area contributed by atoms with E-state index in [9.17, 15) is 24.3 Å². The highest BCUT2D eigenvalue weighted by molar-refractivity contribution is 5.79. The number of hydrogen-bond acceptors (Lipinski definition) is 8. The molecule has 4 unspecified atom stereocenters. The molecule has 9 heteroatoms. The Balaban J connectivity index is 3.44. The molecule has 0 spiro atoms. The van der Waals surface area contributed by atoms with Crippen LogP contribution in [0, 0.1) is 17.8 Å². The Morgan fingerprint density at radius 2 is 1.44 bits per heavy atom. The van der Waals surface area contributed by atoms with Crippen LogP contribution in [0.3, 0.4) is 0 Å². The lowest BCUT2D eigenvalue weighted by atomic mass is 9.82. The molecule has 5 atom stereocenters. The van der Waals surface area contributed by atoms with Crippen molar-refractivity contribution in [1.29, 1.82) is 0 Å². The van der Waals surface area contributed by atoms with Crippen molar-refractivity contribution < 1.29 is 38.5 Å². The minimum atomic E-state index is -1.32. The van der Waals surface area contributed by atoms with E-state index in [2.05, 4.69) is 0 Å². The van der Waals surface area contributed by atoms with E-state index >= 15 is 0 Å². The molecule has 0 saturated carbocycles. The molecule has 0 fully saturated rings. The van der Waals surface area contributed by atoms with Gasteiger partial charge in [-0.05, 0) is 36.5 Å². The first-order valence-corrected chi connectivity index (χ1v) is 11.7. The van der Waals surface area contributed by atoms with Crippen LogP contribution in [0.5, 0.6) is 11.5 Å². The first-order valence-electron chi connectivity index (χ1n) is 11.7. The smallest absolute Gasteiger partial charge is 0.321 e. The van der Waals surface area contributed by atoms with E-state index in [-0.39, 0.29) is 30.4 Å². The number of nitrogens with two attached hydrogens (primary N) is 1. The van der Waals surface area contributed by atoms with Gasteiger partial charge in [-0.25, -0.2) is 0 Å². The van der Waals surface area contributed by atoms with E-state index in [1.54, 1.807) is 33.8 Å². The van der Waals surface area contributed by atoms with Crippen molar-refractivity contribution in [3.8, 4) is 11.5 Å². The fourth-order valence-electron chi connectivity index (χ4n) is 3.12. The third-order valence-corrected chi connectivity index (χ3v) is 5.88. The Bertz CT molecular complexity index is 868. The molecule has 34 heavy (non-hydrogen) atoms. The van der Waals surface area contributed by atoms with Crippen molar-refractivity contribution in [3.05, 3.63) is 23.8 Å². The Kier molecular flexibility index (Phi) is 11.7. The Morgan fingerprint density at radius 1 is 0.912 bits per heavy atom. The molecule has 3 N–H and O–H groups in total. The van der Waals surface area contributed by atoms with E-state index in [4.69, 9.17) is 19.9 Å². The van der Waals surface area contributed by atoms with Gasteiger partial charge in [0.15, 0.2) is 11.5 Å². The Hall–Kier alpha value is -2.94. The number of ether oxygens (including phenoxy) is 3. The molecule has 1 rings (SSSR count). The van der Waals surface area contributed by atoms with Crippen LogP contribution in [0.15, 0.2) is 18.2 Å². The van der Waals surface area contributed by atoms with Crippen LogP contribution in [-0.4, -0.2) is 41.6 Å². The average molecular weight is 480 g/mol. The molecule has 0 aliphatic rings. The van der Waals surface area contributed by atoms with Crippen LogP contribution < -0.4 is 15.2 Å². The largest absolute Gasteiger partial charge is 0.480 e. The molecule has 1 aromatic rings. The van der Waals surface area contributed by atoms with Crippen molar-refractivity contribution in [2.75, 3.05) is 6.61 Å². The molecular weight excluding hydrogens is 442 g/mol. The standard InChI is InChI=1S/C25H37NO8/c1-7-14(4)24(30)33-18-11-10-17(12-19(18)34-25(31)15(5)8-2)21(22(26)23(28)29)16(6)13-32-20(27)9-3/h10-12,14-16,21-22H,7-9,13,26H2,1-6H3,(H,28,29)/t14?,15?,16?,21?,22-/m0/s1. The number of benzene rings is 1. The Labute approximate surface area is 200 Å². The van der Waals surface area contributed by atoms with Crippen LogP contribution in [0.4, 0.5) is 0 Å². The number of aliphatic carboxylic acids is 1. The van der Waals surface area contributed by atoms with E-state index in [1.165, 1.54) is 12.1 Å². The van der Waals surface area contributed by atoms with Gasteiger partial charge >= 0.3 is 23.9 Å². The molecule has 0 saturated heterocycles. The minimum Gasteiger partial charge on any atom is -0.480 e. The summed E-state index contributed by atoms with van der Waals surface area (Å²) in [4.78, 5) is 48.2. The summed E-state index contributed by atoms with van der Waals surface area (Å²) in [6.07, 6.45) is 1.31. The van der Waals surface area contributed by atoms with E-state index in [0.717, 1.165) is 0 Å². The quantitative estimate of drug-likeness (QED) is 0.320. The zero-order valence-electron chi connectivity index (χ0n) is 20.8. The number of esters is 3. The summed E-state index contributed by atoms with van der Waals surface area (Å²) in [6.45, 7) is 10.5. The number of carboxylic acids is 1. The third kappa shape index (κ3) is 8.13. The van der Waals surface area contributed by atoms with Gasteiger partial charge in [-0.1, -0.05) is 47.6 Å². The molecule has 0 heterocycles. The third-order valence-electron chi connectivity index (χ3n) is 5.88. The molecule has 0 radical (unpaired) electrons. The summed E-state index contributed by atoms with van der Waals surface area (Å²) >= 11 is 0. The Morgan fingerprint density at radius 3 is 1.91 bits per heavy atom. The molecule has 9 nitrogen and oxygen atoms in total. The first kappa shape index (κ1) is 29.1. The van der Waals surface area contributed by atoms with Crippen molar-refractivity contribution in [2.45, 2.75) is 72.8 Å². The molecular formula is C25H37NO8. The highest BCUT2D eigenvalue weighted by Gasteiger charge is 2.33. The lowest BCUT2D eigenvalue weighted by Crippen LogP contribution is -2.40. The number of hydrogen-bond donors (Lipinski definition) is 2. The summed E-state index contributed by atoms with van der Waals surface area (Å²) < 4.78 is 16.2. The van der Waals surface area contributed by atoms with Gasteiger partial charge in [-0.15, -0.1) is 0 Å². The van der Waals surface area contributed by atoms with Crippen molar-refractivity contribution in [2.24, 2.45) is 23.5 Å². The highest BCUT2D eigenvalue weighted by atomic mass is 16.6. The highest BCUT2D eigenvalue weighted by Crippen LogP contribution is 2.36. The maximum atomic E-state index is 12.5. The monoisotopic (exact) mass is 479 g/mol. The second-order valence-corrected chi connectivity index (χ2v) is 8.57. The van der Waals surface area contributed by atoms with Crippen molar-refractivity contribution in [3.63, 3.8) is 0 Å². The topological polar surface area (TPSA) is 142 Å². The van der Waals surface area contributed by atoms with Gasteiger partial charge in [0.1, 0.15) is 6.04 Å². The zero-order chi connectivity index (χ0) is 26.0. The number of carboxylic acid groups (broad SMARTS) is 1. The molecule has 0 amide bonds. The predicted molar refractivity (Wildman–Crippen MR) is 125 cm³/mol. The van der Waals surface area contributed by atoms with E-state index in [0.29, 0.717) is 18.4 Å². The number of rotatable bonds is 13. The van der Waals surface area contributed by atoms with Crippen LogP contribution in [-0.2, 0) is 23.9 Å². The lowest BCUT2D eigenvalue weighted by molar-refractivity contribution is -0.145. The fraction of sp³-hybridized carbons (Fsp3) is 0.600. The van der Waals surface area contributed by atoms with Crippen LogP contribution >= 0.6 is 0 Å². The average Bonchev–Trinajstić information content (AvgIpc) is 2.82. The van der Waals surface area contributed by atoms with Gasteiger partial charge < -0.3 is 25.1 Å². The summed E-state index contributed by atoms with van der Waals surface area (Å²) in [7, 11) is 0. The van der Waals surface area contributed by atoms with Crippen molar-refractivity contribution >= 4 is 23.9 Å². The molecule has 0 aromatic heterocycles. The predicted octanol–water partition coefficient (Wildman–Crippen LogP) is 3.67. The number of carbonyl (C=O) groups is 4. The molecule has 0 aliphatic carbocycles. The van der Waals surface area contributed by atoms with E-state index < -0.39 is 47.7 Å². The number of carbonyl (C=O) groups excluding carboxylic acids is 3. The van der Waals surface area contributed by atoms with Crippen LogP contribution in [0.1, 0.15) is 72.3 Å². The minimum absolute atomic E-state index is 0.000190. The van der Waals surface area contributed by atoms with E-state index in [1.807, 2.05) is 13.8 Å². The second-order valence-electron chi connectivity index (χ2n) is 8.57. The van der Waals surface area contributed by atoms with Gasteiger partial charge in [0.2, 0.25) is 0 Å². The van der Waals surface area contributed by atoms with Crippen LogP contribution in [0.25, 0.3) is 0 Å². The molecule has 0 bridgehead atoms. The fourth-order valence-corrected chi connectivity index (χ4v) is 3.12. The van der Waals surface area contributed by atoms with Gasteiger partial charge in [-0.2, -0.15) is 0 Å². The van der Waals surface area contributed by atoms with Crippen molar-refractivity contribution in [1.82, 2.24) is 0 Å². The first-order chi connectivity index (χ1) is 16.0. The molecule has 190 valence electrons. The SMILES string of the molecule is CCC(=O)OCC(C)C(c1ccc(OC(=O)C(C)CC)c(OC(=O)C(C)CC)c1)[C@H](N)C(=O)O. The molecule has 0 aliphatic heterocycles. The lowest BCUT2D eigenvalue weighted by Gasteiger charge is -2.28. The maximum Gasteiger partial charge on any atom is 0.321 e. The van der Waals surface area contributed by atoms with Gasteiger partial charge in [0.25, 0.3) is 0 Å². The summed E-state index contributed by atoms with van der Waals surface area (Å²) in [5.41, 5.74) is 6.45. The molecule has 1 aromatic carbocycles. The van der Waals surface area contributed by atoms with Gasteiger partial charge in [-0.3, -0.25) is 19.2 Å². The normalized spacial score (nSPS) is 15.4. The van der Waals surface area contributed by atoms with Gasteiger partial charge in [0, 0.05) is 12.3 Å². The summed E-state index contributed by atoms with van der Waals surface area (Å²) in [5, 5.41) is 9.58. The van der Waals surface area contributed by atoms with Crippen LogP contribution in [0.2, 0.25) is 0 Å². The van der Waals surface area contributed by atoms with Gasteiger partial charge in [0.05, 0.1) is 18.4 Å². The summed E-state index contributed by atoms with van der Waals surface area (Å²) in [6, 6.07) is 3.18. The second kappa shape index (κ2) is 13.7. The maximum absolute atomic E-state index is 12.5. The summed E-state index contributed by atoms with van der Waals surface area (Å²) in [5.74, 6) is -4.58.